The highest BCUT2D eigenvalue weighted by Gasteiger charge is 2.30. The molecule has 5 rings (SSSR count). The fraction of sp³-hybridized carbons (Fsp3) is 0.469. The fourth-order valence-corrected chi connectivity index (χ4v) is 5.88. The van der Waals surface area contributed by atoms with Crippen LogP contribution in [-0.4, -0.2) is 57.2 Å². The van der Waals surface area contributed by atoms with Gasteiger partial charge in [0.15, 0.2) is 0 Å². The number of aryl methyl sites for hydroxylation is 1. The van der Waals surface area contributed by atoms with Gasteiger partial charge in [-0.15, -0.1) is 0 Å². The Hall–Kier alpha value is -3.45. The summed E-state index contributed by atoms with van der Waals surface area (Å²) in [4.78, 5) is 35.8. The molecule has 1 aromatic heterocycles. The zero-order valence-electron chi connectivity index (χ0n) is 23.6. The van der Waals surface area contributed by atoms with E-state index in [2.05, 4.69) is 29.2 Å². The number of fused-ring (bicyclic) bond motifs is 1. The molecule has 0 aliphatic carbocycles. The Labute approximate surface area is 231 Å². The van der Waals surface area contributed by atoms with Gasteiger partial charge in [-0.2, -0.15) is 0 Å². The van der Waals surface area contributed by atoms with E-state index in [1.807, 2.05) is 73.6 Å². The molecule has 0 saturated carbocycles. The van der Waals surface area contributed by atoms with Crippen LogP contribution in [-0.2, 0) is 17.7 Å². The number of carbonyl (C=O) groups excluding carboxylic acids is 1. The van der Waals surface area contributed by atoms with Crippen molar-refractivity contribution in [3.63, 3.8) is 0 Å². The highest BCUT2D eigenvalue weighted by molar-refractivity contribution is 5.68. The van der Waals surface area contributed by atoms with Gasteiger partial charge in [0.25, 0.3) is 5.56 Å². The van der Waals surface area contributed by atoms with Gasteiger partial charge in [-0.25, -0.2) is 9.78 Å². The Kier molecular flexibility index (Phi) is 7.89. The number of hydrogen-bond acceptors (Lipinski definition) is 5. The zero-order chi connectivity index (χ0) is 27.6. The fourth-order valence-electron chi connectivity index (χ4n) is 5.88. The minimum atomic E-state index is -0.478. The smallest absolute Gasteiger partial charge is 0.410 e. The molecule has 0 unspecified atom stereocenters. The first-order chi connectivity index (χ1) is 18.7. The molecule has 0 radical (unpaired) electrons. The molecule has 2 aliphatic rings. The second-order valence-electron chi connectivity index (χ2n) is 11.9. The molecule has 0 atom stereocenters. The molecule has 2 aliphatic heterocycles. The molecule has 1 fully saturated rings. The number of rotatable bonds is 5. The van der Waals surface area contributed by atoms with Crippen LogP contribution in [0.2, 0.25) is 0 Å². The van der Waals surface area contributed by atoms with Crippen LogP contribution in [0.1, 0.15) is 67.9 Å². The number of nitrogens with zero attached hydrogens (tertiary/aromatic N) is 4. The van der Waals surface area contributed by atoms with E-state index in [-0.39, 0.29) is 17.7 Å². The summed E-state index contributed by atoms with van der Waals surface area (Å²) in [7, 11) is 0. The van der Waals surface area contributed by atoms with E-state index in [0.717, 1.165) is 60.6 Å². The number of ether oxygens (including phenoxy) is 1. The van der Waals surface area contributed by atoms with Crippen molar-refractivity contribution in [1.82, 2.24) is 19.4 Å². The molecule has 0 spiro atoms. The maximum absolute atomic E-state index is 14.1. The normalized spacial score (nSPS) is 16.8. The van der Waals surface area contributed by atoms with Gasteiger partial charge in [-0.05, 0) is 57.6 Å². The monoisotopic (exact) mass is 528 g/mol. The summed E-state index contributed by atoms with van der Waals surface area (Å²) in [5, 5.41) is 0. The quantitative estimate of drug-likeness (QED) is 0.456. The lowest BCUT2D eigenvalue weighted by Crippen LogP contribution is -2.45. The van der Waals surface area contributed by atoms with Crippen LogP contribution in [0.15, 0.2) is 65.5 Å². The lowest BCUT2D eigenvalue weighted by atomic mass is 9.95. The first kappa shape index (κ1) is 27.1. The molecule has 0 N–H and O–H groups in total. The van der Waals surface area contributed by atoms with Crippen molar-refractivity contribution in [2.24, 2.45) is 5.92 Å². The highest BCUT2D eigenvalue weighted by Crippen LogP contribution is 2.28. The first-order valence-corrected chi connectivity index (χ1v) is 14.1. The maximum atomic E-state index is 14.1. The van der Waals surface area contributed by atoms with Crippen LogP contribution < -0.4 is 5.56 Å². The van der Waals surface area contributed by atoms with Gasteiger partial charge in [0.05, 0.1) is 17.3 Å². The molecule has 206 valence electrons. The molecule has 1 saturated heterocycles. The summed E-state index contributed by atoms with van der Waals surface area (Å²) in [6.45, 7) is 11.5. The van der Waals surface area contributed by atoms with Crippen LogP contribution in [0.5, 0.6) is 0 Å². The minimum Gasteiger partial charge on any atom is -0.444 e. The lowest BCUT2D eigenvalue weighted by Gasteiger charge is -2.37. The average Bonchev–Trinajstić information content (AvgIpc) is 2.92. The number of hydrogen-bond donors (Lipinski definition) is 0. The van der Waals surface area contributed by atoms with E-state index in [1.54, 1.807) is 0 Å². The Morgan fingerprint density at radius 1 is 0.974 bits per heavy atom. The zero-order valence-corrected chi connectivity index (χ0v) is 23.6. The van der Waals surface area contributed by atoms with Gasteiger partial charge >= 0.3 is 6.09 Å². The maximum Gasteiger partial charge on any atom is 0.410 e. The number of amides is 1. The van der Waals surface area contributed by atoms with Crippen molar-refractivity contribution in [3.8, 4) is 0 Å². The minimum absolute atomic E-state index is 0.0552. The van der Waals surface area contributed by atoms with Gasteiger partial charge in [0, 0.05) is 39.1 Å². The number of aromatic nitrogens is 2. The number of benzene rings is 2. The summed E-state index contributed by atoms with van der Waals surface area (Å²) in [6.07, 6.45) is 2.46. The predicted octanol–water partition coefficient (Wildman–Crippen LogP) is 5.19. The molecule has 0 bridgehead atoms. The van der Waals surface area contributed by atoms with E-state index in [0.29, 0.717) is 25.6 Å². The highest BCUT2D eigenvalue weighted by atomic mass is 16.6. The second kappa shape index (κ2) is 11.3. The topological polar surface area (TPSA) is 67.7 Å². The summed E-state index contributed by atoms with van der Waals surface area (Å²) < 4.78 is 7.43. The Morgan fingerprint density at radius 3 is 2.13 bits per heavy atom. The Morgan fingerprint density at radius 2 is 1.56 bits per heavy atom. The summed E-state index contributed by atoms with van der Waals surface area (Å²) in [5.74, 6) is 1.24. The third-order valence-electron chi connectivity index (χ3n) is 7.79. The van der Waals surface area contributed by atoms with Gasteiger partial charge < -0.3 is 9.64 Å². The van der Waals surface area contributed by atoms with Crippen molar-refractivity contribution < 1.29 is 9.53 Å². The van der Waals surface area contributed by atoms with Crippen LogP contribution in [0.3, 0.4) is 0 Å². The average molecular weight is 529 g/mol. The number of piperidine rings is 1. The summed E-state index contributed by atoms with van der Waals surface area (Å²) in [6, 6.07) is 20.2. The van der Waals surface area contributed by atoms with Crippen molar-refractivity contribution in [2.45, 2.75) is 65.1 Å². The third-order valence-corrected chi connectivity index (χ3v) is 7.79. The van der Waals surface area contributed by atoms with Gasteiger partial charge in [-0.3, -0.25) is 14.3 Å². The molecular weight excluding hydrogens is 488 g/mol. The van der Waals surface area contributed by atoms with Crippen LogP contribution >= 0.6 is 0 Å². The standard InChI is InChI=1S/C32H40N4O3/c1-23-33-28-17-18-34(21-24-15-19-35(20-16-24)31(38)39-32(2,3)4)22-27(28)30(37)36(23)29(25-11-7-5-8-12-25)26-13-9-6-10-14-26/h5-14,24,29H,15-22H2,1-4H3. The molecule has 1 amide bonds. The molecule has 7 heteroatoms. The third kappa shape index (κ3) is 6.25. The van der Waals surface area contributed by atoms with E-state index in [9.17, 15) is 9.59 Å². The van der Waals surface area contributed by atoms with E-state index >= 15 is 0 Å². The van der Waals surface area contributed by atoms with Gasteiger partial charge in [-0.1, -0.05) is 60.7 Å². The SMILES string of the molecule is Cc1nc2c(c(=O)n1C(c1ccccc1)c1ccccc1)CN(CC1CCN(C(=O)OC(C)(C)C)CC1)CC2. The Balaban J connectivity index is 1.34. The molecule has 3 aromatic rings. The molecular formula is C32H40N4O3. The summed E-state index contributed by atoms with van der Waals surface area (Å²) >= 11 is 0. The van der Waals surface area contributed by atoms with Crippen molar-refractivity contribution in [3.05, 3.63) is 99.2 Å². The van der Waals surface area contributed by atoms with E-state index < -0.39 is 5.60 Å². The van der Waals surface area contributed by atoms with Crippen LogP contribution in [0.25, 0.3) is 0 Å². The Bertz CT molecular complexity index is 1300. The van der Waals surface area contributed by atoms with E-state index in [4.69, 9.17) is 9.72 Å². The van der Waals surface area contributed by atoms with Crippen molar-refractivity contribution >= 4 is 6.09 Å². The van der Waals surface area contributed by atoms with Gasteiger partial charge in [0.1, 0.15) is 11.4 Å². The largest absolute Gasteiger partial charge is 0.444 e. The molecule has 2 aromatic carbocycles. The lowest BCUT2D eigenvalue weighted by molar-refractivity contribution is 0.0167. The van der Waals surface area contributed by atoms with Gasteiger partial charge in [0.2, 0.25) is 0 Å². The molecule has 7 nitrogen and oxygen atoms in total. The second-order valence-corrected chi connectivity index (χ2v) is 11.9. The van der Waals surface area contributed by atoms with E-state index in [1.165, 1.54) is 0 Å². The number of carbonyl (C=O) groups is 1. The predicted molar refractivity (Wildman–Crippen MR) is 153 cm³/mol. The van der Waals surface area contributed by atoms with Crippen molar-refractivity contribution in [2.75, 3.05) is 26.2 Å². The van der Waals surface area contributed by atoms with Crippen molar-refractivity contribution in [1.29, 1.82) is 0 Å². The van der Waals surface area contributed by atoms with Crippen LogP contribution in [0, 0.1) is 12.8 Å². The first-order valence-electron chi connectivity index (χ1n) is 14.1. The number of likely N-dealkylation sites (tertiary alicyclic amines) is 1. The molecule has 3 heterocycles. The van der Waals surface area contributed by atoms with Crippen LogP contribution in [0.4, 0.5) is 4.79 Å². The molecule has 39 heavy (non-hydrogen) atoms. The summed E-state index contributed by atoms with van der Waals surface area (Å²) in [5.41, 5.74) is 3.47.